The molecule has 0 bridgehead atoms. The Morgan fingerprint density at radius 1 is 1.14 bits per heavy atom. The molecular formula is C17H26N2O3. The Hall–Kier alpha value is -1.78. The number of rotatable bonds is 4. The van der Waals surface area contributed by atoms with Crippen LogP contribution in [0.25, 0.3) is 0 Å². The summed E-state index contributed by atoms with van der Waals surface area (Å²) >= 11 is 0. The van der Waals surface area contributed by atoms with Crippen LogP contribution in [-0.2, 0) is 16.1 Å². The number of amides is 2. The zero-order chi connectivity index (χ0) is 16.2. The molecule has 2 amide bonds. The summed E-state index contributed by atoms with van der Waals surface area (Å²) in [5, 5.41) is 5.93. The summed E-state index contributed by atoms with van der Waals surface area (Å²) in [5.74, 6) is 0.974. The summed E-state index contributed by atoms with van der Waals surface area (Å²) in [4.78, 5) is 24.3. The molecule has 1 saturated carbocycles. The van der Waals surface area contributed by atoms with Crippen LogP contribution >= 0.6 is 0 Å². The van der Waals surface area contributed by atoms with E-state index in [2.05, 4.69) is 10.6 Å². The minimum Gasteiger partial charge on any atom is -0.467 e. The molecule has 122 valence electrons. The molecule has 0 radical (unpaired) electrons. The highest BCUT2D eigenvalue weighted by atomic mass is 16.3. The highest BCUT2D eigenvalue weighted by molar-refractivity contribution is 5.81. The second kappa shape index (κ2) is 6.99. The van der Waals surface area contributed by atoms with Gasteiger partial charge in [-0.1, -0.05) is 0 Å². The normalized spacial score (nSPS) is 22.1. The minimum atomic E-state index is -0.200. The fourth-order valence-electron chi connectivity index (χ4n) is 2.82. The molecule has 0 saturated heterocycles. The van der Waals surface area contributed by atoms with Gasteiger partial charge in [0.25, 0.3) is 0 Å². The Labute approximate surface area is 131 Å². The van der Waals surface area contributed by atoms with E-state index in [1.807, 2.05) is 26.8 Å². The lowest BCUT2D eigenvalue weighted by molar-refractivity contribution is -0.131. The number of hydrogen-bond donors (Lipinski definition) is 2. The molecule has 0 aliphatic heterocycles. The molecule has 2 N–H and O–H groups in total. The molecule has 0 spiro atoms. The first-order valence-electron chi connectivity index (χ1n) is 7.97. The predicted octanol–water partition coefficient (Wildman–Crippen LogP) is 2.62. The molecular weight excluding hydrogens is 280 g/mol. The van der Waals surface area contributed by atoms with E-state index in [1.165, 1.54) is 0 Å². The van der Waals surface area contributed by atoms with Crippen molar-refractivity contribution in [1.82, 2.24) is 10.6 Å². The smallest absolute Gasteiger partial charge is 0.223 e. The molecule has 1 aromatic heterocycles. The highest BCUT2D eigenvalue weighted by Crippen LogP contribution is 2.29. The number of furan rings is 1. The molecule has 0 unspecified atom stereocenters. The first-order chi connectivity index (χ1) is 10.3. The van der Waals surface area contributed by atoms with Crippen molar-refractivity contribution in [1.29, 1.82) is 0 Å². The SMILES string of the molecule is CC(C)(C)NC(=O)C1CCC(C(=O)NCc2ccco2)CC1. The molecule has 1 heterocycles. The van der Waals surface area contributed by atoms with E-state index in [9.17, 15) is 9.59 Å². The minimum absolute atomic E-state index is 0.00801. The van der Waals surface area contributed by atoms with Gasteiger partial charge in [-0.3, -0.25) is 9.59 Å². The maximum Gasteiger partial charge on any atom is 0.223 e. The Morgan fingerprint density at radius 3 is 2.23 bits per heavy atom. The van der Waals surface area contributed by atoms with Gasteiger partial charge in [-0.05, 0) is 58.6 Å². The topological polar surface area (TPSA) is 71.3 Å². The summed E-state index contributed by atoms with van der Waals surface area (Å²) in [5.41, 5.74) is -0.200. The molecule has 0 aromatic carbocycles. The third kappa shape index (κ3) is 4.90. The third-order valence-corrected chi connectivity index (χ3v) is 3.98. The van der Waals surface area contributed by atoms with Crippen molar-refractivity contribution < 1.29 is 14.0 Å². The molecule has 1 fully saturated rings. The predicted molar refractivity (Wildman–Crippen MR) is 83.9 cm³/mol. The molecule has 1 aliphatic carbocycles. The van der Waals surface area contributed by atoms with E-state index >= 15 is 0 Å². The van der Waals surface area contributed by atoms with Crippen LogP contribution in [0.1, 0.15) is 52.2 Å². The Kier molecular flexibility index (Phi) is 5.27. The van der Waals surface area contributed by atoms with E-state index in [1.54, 1.807) is 12.3 Å². The Morgan fingerprint density at radius 2 is 1.73 bits per heavy atom. The monoisotopic (exact) mass is 306 g/mol. The maximum absolute atomic E-state index is 12.1. The summed E-state index contributed by atoms with van der Waals surface area (Å²) < 4.78 is 5.20. The summed E-state index contributed by atoms with van der Waals surface area (Å²) in [7, 11) is 0. The second-order valence-electron chi connectivity index (χ2n) is 7.08. The first-order valence-corrected chi connectivity index (χ1v) is 7.97. The van der Waals surface area contributed by atoms with Gasteiger partial charge in [0.15, 0.2) is 0 Å². The van der Waals surface area contributed by atoms with E-state index < -0.39 is 0 Å². The number of nitrogens with one attached hydrogen (secondary N) is 2. The molecule has 5 heteroatoms. The van der Waals surface area contributed by atoms with Gasteiger partial charge >= 0.3 is 0 Å². The van der Waals surface area contributed by atoms with E-state index in [0.717, 1.165) is 31.4 Å². The van der Waals surface area contributed by atoms with Crippen LogP contribution < -0.4 is 10.6 Å². The lowest BCUT2D eigenvalue weighted by Gasteiger charge is -2.30. The largest absolute Gasteiger partial charge is 0.467 e. The zero-order valence-electron chi connectivity index (χ0n) is 13.6. The van der Waals surface area contributed by atoms with Crippen molar-refractivity contribution in [2.45, 2.75) is 58.5 Å². The van der Waals surface area contributed by atoms with Gasteiger partial charge in [0.05, 0.1) is 12.8 Å². The van der Waals surface area contributed by atoms with Gasteiger partial charge in [-0.15, -0.1) is 0 Å². The van der Waals surface area contributed by atoms with Gasteiger partial charge in [-0.25, -0.2) is 0 Å². The average Bonchev–Trinajstić information content (AvgIpc) is 2.96. The van der Waals surface area contributed by atoms with Gasteiger partial charge in [-0.2, -0.15) is 0 Å². The molecule has 1 aromatic rings. The second-order valence-corrected chi connectivity index (χ2v) is 7.08. The van der Waals surface area contributed by atoms with Gasteiger partial charge in [0.1, 0.15) is 5.76 Å². The van der Waals surface area contributed by atoms with E-state index in [4.69, 9.17) is 4.42 Å². The van der Waals surface area contributed by atoms with E-state index in [0.29, 0.717) is 6.54 Å². The van der Waals surface area contributed by atoms with Crippen LogP contribution in [0.4, 0.5) is 0 Å². The Balaban J connectivity index is 1.74. The van der Waals surface area contributed by atoms with Crippen molar-refractivity contribution in [3.8, 4) is 0 Å². The van der Waals surface area contributed by atoms with Gasteiger partial charge in [0.2, 0.25) is 11.8 Å². The summed E-state index contributed by atoms with van der Waals surface area (Å²) in [6.07, 6.45) is 4.69. The molecule has 0 atom stereocenters. The van der Waals surface area contributed by atoms with Crippen LogP contribution in [-0.4, -0.2) is 17.4 Å². The quantitative estimate of drug-likeness (QED) is 0.898. The Bertz CT molecular complexity index is 494. The van der Waals surface area contributed by atoms with Crippen LogP contribution in [0, 0.1) is 11.8 Å². The van der Waals surface area contributed by atoms with Crippen molar-refractivity contribution in [2.75, 3.05) is 0 Å². The standard InChI is InChI=1S/C17H26N2O3/c1-17(2,3)19-16(21)13-8-6-12(7-9-13)15(20)18-11-14-5-4-10-22-14/h4-5,10,12-13H,6-9,11H2,1-3H3,(H,18,20)(H,19,21). The van der Waals surface area contributed by atoms with Crippen molar-refractivity contribution >= 4 is 11.8 Å². The number of hydrogen-bond acceptors (Lipinski definition) is 3. The van der Waals surface area contributed by atoms with Crippen molar-refractivity contribution in [2.24, 2.45) is 11.8 Å². The summed E-state index contributed by atoms with van der Waals surface area (Å²) in [6, 6.07) is 3.65. The summed E-state index contributed by atoms with van der Waals surface area (Å²) in [6.45, 7) is 6.38. The van der Waals surface area contributed by atoms with Crippen LogP contribution in [0.2, 0.25) is 0 Å². The molecule has 5 nitrogen and oxygen atoms in total. The number of carbonyl (C=O) groups excluding carboxylic acids is 2. The number of carbonyl (C=O) groups is 2. The lowest BCUT2D eigenvalue weighted by atomic mass is 9.81. The van der Waals surface area contributed by atoms with Crippen LogP contribution in [0.5, 0.6) is 0 Å². The highest BCUT2D eigenvalue weighted by Gasteiger charge is 2.31. The fourth-order valence-corrected chi connectivity index (χ4v) is 2.82. The molecule has 2 rings (SSSR count). The maximum atomic E-state index is 12.1. The zero-order valence-corrected chi connectivity index (χ0v) is 13.6. The first kappa shape index (κ1) is 16.6. The van der Waals surface area contributed by atoms with Crippen LogP contribution in [0.3, 0.4) is 0 Å². The third-order valence-electron chi connectivity index (χ3n) is 3.98. The van der Waals surface area contributed by atoms with Crippen LogP contribution in [0.15, 0.2) is 22.8 Å². The fraction of sp³-hybridized carbons (Fsp3) is 0.647. The average molecular weight is 306 g/mol. The van der Waals surface area contributed by atoms with Gasteiger partial charge < -0.3 is 15.1 Å². The molecule has 1 aliphatic rings. The molecule has 22 heavy (non-hydrogen) atoms. The lowest BCUT2D eigenvalue weighted by Crippen LogP contribution is -2.45. The van der Waals surface area contributed by atoms with Crippen molar-refractivity contribution in [3.05, 3.63) is 24.2 Å². The van der Waals surface area contributed by atoms with Crippen molar-refractivity contribution in [3.63, 3.8) is 0 Å². The van der Waals surface area contributed by atoms with E-state index in [-0.39, 0.29) is 29.2 Å². The van der Waals surface area contributed by atoms with Gasteiger partial charge in [0, 0.05) is 17.4 Å².